The fraction of sp³-hybridized carbons (Fsp3) is 0.364. The number of rotatable bonds is 5. The molecule has 0 amide bonds. The monoisotopic (exact) mass is 317 g/mol. The van der Waals surface area contributed by atoms with Gasteiger partial charge in [0.2, 0.25) is 0 Å². The van der Waals surface area contributed by atoms with Gasteiger partial charge in [-0.1, -0.05) is 0 Å². The fourth-order valence-corrected chi connectivity index (χ4v) is 1.21. The maximum atomic E-state index is 12.0. The Morgan fingerprint density at radius 2 is 1.52 bits per heavy atom. The van der Waals surface area contributed by atoms with Gasteiger partial charge in [-0.25, -0.2) is 0 Å². The first kappa shape index (κ1) is 16.9. The molecule has 0 bridgehead atoms. The summed E-state index contributed by atoms with van der Waals surface area (Å²) < 4.78 is 80.2. The first-order valence-corrected chi connectivity index (χ1v) is 5.22. The third kappa shape index (κ3) is 6.23. The van der Waals surface area contributed by atoms with Gasteiger partial charge in [0.1, 0.15) is 11.5 Å². The fourth-order valence-electron chi connectivity index (χ4n) is 1.21. The van der Waals surface area contributed by atoms with Gasteiger partial charge in [-0.2, -0.15) is 26.3 Å². The van der Waals surface area contributed by atoms with E-state index >= 15 is 0 Å². The highest BCUT2D eigenvalue weighted by Crippen LogP contribution is 2.27. The van der Waals surface area contributed by atoms with E-state index in [9.17, 15) is 36.2 Å². The van der Waals surface area contributed by atoms with E-state index < -0.39 is 48.6 Å². The summed E-state index contributed by atoms with van der Waals surface area (Å²) in [7, 11) is 0. The van der Waals surface area contributed by atoms with Crippen LogP contribution < -0.4 is 14.6 Å². The average molecular weight is 317 g/mol. The van der Waals surface area contributed by atoms with E-state index in [-0.39, 0.29) is 0 Å². The molecule has 1 aromatic rings. The van der Waals surface area contributed by atoms with E-state index in [0.717, 1.165) is 12.1 Å². The van der Waals surface area contributed by atoms with Gasteiger partial charge < -0.3 is 19.4 Å². The third-order valence-electron chi connectivity index (χ3n) is 1.96. The lowest BCUT2D eigenvalue weighted by Gasteiger charge is -2.15. The molecule has 0 aliphatic carbocycles. The van der Waals surface area contributed by atoms with E-state index in [1.54, 1.807) is 0 Å². The van der Waals surface area contributed by atoms with Crippen LogP contribution in [0.2, 0.25) is 0 Å². The molecule has 0 N–H and O–H groups in total. The quantitative estimate of drug-likeness (QED) is 0.779. The maximum Gasteiger partial charge on any atom is 0.422 e. The molecule has 118 valence electrons. The smallest absolute Gasteiger partial charge is 0.422 e. The Kier molecular flexibility index (Phi) is 4.92. The van der Waals surface area contributed by atoms with Crippen LogP contribution in [0.5, 0.6) is 11.5 Å². The zero-order valence-electron chi connectivity index (χ0n) is 10.0. The molecule has 0 aromatic heterocycles. The number of alkyl halides is 6. The van der Waals surface area contributed by atoms with E-state index in [0.29, 0.717) is 6.07 Å². The molecule has 0 aliphatic rings. The van der Waals surface area contributed by atoms with Gasteiger partial charge in [-0.05, 0) is 18.2 Å². The van der Waals surface area contributed by atoms with Crippen LogP contribution in [0.25, 0.3) is 0 Å². The molecule has 4 nitrogen and oxygen atoms in total. The van der Waals surface area contributed by atoms with Gasteiger partial charge >= 0.3 is 12.4 Å². The van der Waals surface area contributed by atoms with E-state index in [4.69, 9.17) is 0 Å². The normalized spacial score (nSPS) is 12.1. The van der Waals surface area contributed by atoms with Crippen molar-refractivity contribution in [1.82, 2.24) is 0 Å². The molecule has 0 saturated heterocycles. The standard InChI is InChI=1S/C11H8F6O4/c12-10(13,14)4-20-6-1-2-8(7(3-6)9(18)19)21-5-11(15,16)17/h1-3H,4-5H2,(H,18,19)/p-1. The first-order chi connectivity index (χ1) is 9.48. The van der Waals surface area contributed by atoms with E-state index in [2.05, 4.69) is 9.47 Å². The van der Waals surface area contributed by atoms with Gasteiger partial charge in [-0.15, -0.1) is 0 Å². The summed E-state index contributed by atoms with van der Waals surface area (Å²) in [6.07, 6.45) is -9.35. The van der Waals surface area contributed by atoms with Crippen LogP contribution in [0.1, 0.15) is 10.4 Å². The number of carboxylic acids is 1. The lowest BCUT2D eigenvalue weighted by molar-refractivity contribution is -0.255. The second-order valence-corrected chi connectivity index (χ2v) is 3.75. The summed E-state index contributed by atoms with van der Waals surface area (Å²) in [6.45, 7) is -3.43. The van der Waals surface area contributed by atoms with Gasteiger partial charge in [0.15, 0.2) is 13.2 Å². The summed E-state index contributed by atoms with van der Waals surface area (Å²) in [5.74, 6) is -3.10. The molecule has 0 aliphatic heterocycles. The minimum absolute atomic E-state index is 0.495. The molecule has 0 saturated carbocycles. The molecular formula is C11H7F6O4-. The van der Waals surface area contributed by atoms with Gasteiger partial charge in [0.25, 0.3) is 0 Å². The van der Waals surface area contributed by atoms with Crippen molar-refractivity contribution in [2.24, 2.45) is 0 Å². The van der Waals surface area contributed by atoms with Gasteiger partial charge in [0, 0.05) is 5.56 Å². The van der Waals surface area contributed by atoms with Gasteiger partial charge in [0.05, 0.1) is 5.97 Å². The number of hydrogen-bond acceptors (Lipinski definition) is 4. The summed E-state index contributed by atoms with van der Waals surface area (Å²) in [6, 6.07) is 2.19. The van der Waals surface area contributed by atoms with Crippen LogP contribution in [0, 0.1) is 0 Å². The molecule has 0 heterocycles. The van der Waals surface area contributed by atoms with Gasteiger partial charge in [-0.3, -0.25) is 0 Å². The molecule has 0 radical (unpaired) electrons. The Labute approximate surface area is 113 Å². The van der Waals surface area contributed by atoms with Crippen LogP contribution >= 0.6 is 0 Å². The molecule has 0 unspecified atom stereocenters. The number of aromatic carboxylic acids is 1. The first-order valence-electron chi connectivity index (χ1n) is 5.22. The number of carbonyl (C=O) groups excluding carboxylic acids is 1. The number of carboxylic acid groups (broad SMARTS) is 1. The van der Waals surface area contributed by atoms with Crippen LogP contribution in [0.3, 0.4) is 0 Å². The van der Waals surface area contributed by atoms with Crippen molar-refractivity contribution >= 4 is 5.97 Å². The van der Waals surface area contributed by atoms with Crippen LogP contribution in [0.4, 0.5) is 26.3 Å². The minimum atomic E-state index is -4.70. The van der Waals surface area contributed by atoms with Crippen molar-refractivity contribution in [1.29, 1.82) is 0 Å². The molecule has 21 heavy (non-hydrogen) atoms. The lowest BCUT2D eigenvalue weighted by atomic mass is 10.2. The van der Waals surface area contributed by atoms with E-state index in [1.807, 2.05) is 0 Å². The number of ether oxygens (including phenoxy) is 2. The molecule has 0 atom stereocenters. The summed E-state index contributed by atoms with van der Waals surface area (Å²) >= 11 is 0. The molecule has 1 aromatic carbocycles. The molecule has 10 heteroatoms. The molecule has 1 rings (SSSR count). The highest BCUT2D eigenvalue weighted by atomic mass is 19.4. The number of benzene rings is 1. The predicted octanol–water partition coefficient (Wildman–Crippen LogP) is 1.93. The Hall–Kier alpha value is -2.13. The van der Waals surface area contributed by atoms with Crippen molar-refractivity contribution < 1.29 is 45.7 Å². The van der Waals surface area contributed by atoms with Crippen molar-refractivity contribution in [2.75, 3.05) is 13.2 Å². The average Bonchev–Trinajstić information content (AvgIpc) is 2.32. The Morgan fingerprint density at radius 1 is 1.00 bits per heavy atom. The van der Waals surface area contributed by atoms with Crippen molar-refractivity contribution in [2.45, 2.75) is 12.4 Å². The Bertz CT molecular complexity index is 508. The van der Waals surface area contributed by atoms with Crippen molar-refractivity contribution in [3.8, 4) is 11.5 Å². The summed E-state index contributed by atoms with van der Waals surface area (Å²) in [5, 5.41) is 10.7. The highest BCUT2D eigenvalue weighted by molar-refractivity contribution is 5.89. The van der Waals surface area contributed by atoms with Crippen molar-refractivity contribution in [3.05, 3.63) is 23.8 Å². The summed E-state index contributed by atoms with van der Waals surface area (Å²) in [5.41, 5.74) is -0.848. The number of carbonyl (C=O) groups is 1. The third-order valence-corrected chi connectivity index (χ3v) is 1.96. The van der Waals surface area contributed by atoms with Crippen LogP contribution in [-0.4, -0.2) is 31.5 Å². The highest BCUT2D eigenvalue weighted by Gasteiger charge is 2.30. The van der Waals surface area contributed by atoms with Crippen LogP contribution in [-0.2, 0) is 0 Å². The summed E-state index contributed by atoms with van der Waals surface area (Å²) in [4.78, 5) is 10.7. The SMILES string of the molecule is O=C([O-])c1cc(OCC(F)(F)F)ccc1OCC(F)(F)F. The number of halogens is 6. The zero-order chi connectivity index (χ0) is 16.3. The van der Waals surface area contributed by atoms with Crippen LogP contribution in [0.15, 0.2) is 18.2 Å². The molecule has 0 spiro atoms. The second kappa shape index (κ2) is 6.10. The largest absolute Gasteiger partial charge is 0.545 e. The maximum absolute atomic E-state index is 12.0. The predicted molar refractivity (Wildman–Crippen MR) is 53.9 cm³/mol. The minimum Gasteiger partial charge on any atom is -0.545 e. The molecular weight excluding hydrogens is 310 g/mol. The Morgan fingerprint density at radius 3 is 2.00 bits per heavy atom. The Balaban J connectivity index is 2.89. The van der Waals surface area contributed by atoms with E-state index in [1.165, 1.54) is 0 Å². The lowest BCUT2D eigenvalue weighted by Crippen LogP contribution is -2.25. The topological polar surface area (TPSA) is 58.6 Å². The number of hydrogen-bond donors (Lipinski definition) is 0. The zero-order valence-corrected chi connectivity index (χ0v) is 10.0. The van der Waals surface area contributed by atoms with Crippen molar-refractivity contribution in [3.63, 3.8) is 0 Å². The second-order valence-electron chi connectivity index (χ2n) is 3.75. The molecule has 0 fully saturated rings.